The fourth-order valence-corrected chi connectivity index (χ4v) is 9.29. The molecule has 3 heterocycles. The Balaban J connectivity index is 0.000000223. The maximum atomic E-state index is 9.00. The Labute approximate surface area is 526 Å². The Kier molecular flexibility index (Phi) is 36.8. The van der Waals surface area contributed by atoms with Gasteiger partial charge in [0.15, 0.2) is 0 Å². The second kappa shape index (κ2) is 43.4. The summed E-state index contributed by atoms with van der Waals surface area (Å²) in [7, 11) is 8.35. The van der Waals surface area contributed by atoms with Crippen molar-refractivity contribution < 1.29 is 72.9 Å². The van der Waals surface area contributed by atoms with Crippen LogP contribution in [0, 0.1) is 0 Å². The number of nitrogens with zero attached hydrogens (tertiary/aromatic N) is 2. The van der Waals surface area contributed by atoms with Crippen molar-refractivity contribution in [3.05, 3.63) is 162 Å². The lowest BCUT2D eigenvalue weighted by Crippen LogP contribution is -2.43. The number of rotatable bonds is 21. The van der Waals surface area contributed by atoms with Crippen LogP contribution >= 0.6 is 47.8 Å². The van der Waals surface area contributed by atoms with Crippen LogP contribution in [0.3, 0.4) is 0 Å². The summed E-state index contributed by atoms with van der Waals surface area (Å²) in [4.78, 5) is 4.79. The minimum atomic E-state index is -0.0605. The number of ether oxygens (including phenoxy) is 10. The predicted molar refractivity (Wildman–Crippen MR) is 342 cm³/mol. The first-order chi connectivity index (χ1) is 41.4. The molecule has 3 aliphatic rings. The number of fused-ring (bicyclic) bond motifs is 1. The lowest BCUT2D eigenvalue weighted by Gasteiger charge is -2.31. The molecular formula is C63H85Br3N4O15. The lowest BCUT2D eigenvalue weighted by molar-refractivity contribution is 0.107. The van der Waals surface area contributed by atoms with E-state index in [2.05, 4.69) is 98.6 Å². The van der Waals surface area contributed by atoms with Gasteiger partial charge in [0.1, 0.15) is 60.9 Å². The molecule has 2 saturated heterocycles. The summed E-state index contributed by atoms with van der Waals surface area (Å²) in [5, 5.41) is 50.8. The van der Waals surface area contributed by atoms with Gasteiger partial charge in [-0.05, 0) is 113 Å². The van der Waals surface area contributed by atoms with E-state index in [0.29, 0.717) is 78.2 Å². The number of benzene rings is 6. The molecule has 9 rings (SSSR count). The molecule has 0 bridgehead atoms. The highest BCUT2D eigenvalue weighted by Crippen LogP contribution is 2.30. The van der Waals surface area contributed by atoms with Crippen molar-refractivity contribution in [3.8, 4) is 34.5 Å². The largest absolute Gasteiger partial charge is 0.508 e. The minimum absolute atomic E-state index is 0.00204. The molecule has 468 valence electrons. The Hall–Kier alpha value is -5.28. The Morgan fingerprint density at radius 1 is 0.471 bits per heavy atom. The molecule has 0 spiro atoms. The van der Waals surface area contributed by atoms with Gasteiger partial charge in [-0.2, -0.15) is 0 Å². The highest BCUT2D eigenvalue weighted by molar-refractivity contribution is 9.11. The summed E-state index contributed by atoms with van der Waals surface area (Å²) in [5.74, 6) is 3.80. The summed E-state index contributed by atoms with van der Waals surface area (Å²) < 4.78 is 55.6. The minimum Gasteiger partial charge on any atom is -0.508 e. The maximum absolute atomic E-state index is 9.00. The standard InChI is InChI=1S/C15H24N2O3.C13H18N2O2.C11H15BrO3.C10H13BrO3.C7H7BrO2.C7H8O2/c1-18-9-10-20-14-3-4-15(13(11-14)12-19-2)17-7-5-16-6-8-17;1-2-12(15-5-3-14-4-6-15)9-13-11(1)10-16-7-8-17-13;1-13-5-6-15-10-3-4-11(12)9(7-10)8-14-2;1-13-4-5-14-9-2-3-10(11)8(6-9)7-12;8-7-2-1-6(10)3-5(7)4-9;8-5-6-2-1-3-7(9)4-6/h3-4,11,16H,5-10,12H2,1-2H3;1-2,9,14H,3-8,10H2;3-4,7H,5-6,8H2,1-2H3;2-3,6,12H,4-5,7H2,1H3;1-3,9-10H,4H2;1-4,8-9H,5H2. The molecule has 0 aliphatic carbocycles. The average Bonchev–Trinajstić information content (AvgIpc) is 3.99. The number of phenols is 2. The first kappa shape index (κ1) is 72.2. The van der Waals surface area contributed by atoms with Crippen molar-refractivity contribution in [3.63, 3.8) is 0 Å². The number of aliphatic hydroxyl groups is 3. The quantitative estimate of drug-likeness (QED) is 0.0333. The fourth-order valence-electron chi connectivity index (χ4n) is 8.18. The predicted octanol–water partition coefficient (Wildman–Crippen LogP) is 9.39. The van der Waals surface area contributed by atoms with Crippen molar-refractivity contribution in [2.45, 2.75) is 39.6 Å². The Morgan fingerprint density at radius 3 is 1.48 bits per heavy atom. The van der Waals surface area contributed by atoms with Crippen LogP contribution < -0.4 is 39.4 Å². The van der Waals surface area contributed by atoms with Crippen LogP contribution in [0.25, 0.3) is 0 Å². The Morgan fingerprint density at radius 2 is 0.965 bits per heavy atom. The molecule has 0 unspecified atom stereocenters. The van der Waals surface area contributed by atoms with Crippen molar-refractivity contribution in [2.24, 2.45) is 0 Å². The molecule has 0 radical (unpaired) electrons. The molecule has 19 nitrogen and oxygen atoms in total. The number of nitrogens with one attached hydrogen (secondary N) is 2. The van der Waals surface area contributed by atoms with Crippen LogP contribution in [-0.2, 0) is 68.1 Å². The van der Waals surface area contributed by atoms with E-state index < -0.39 is 0 Å². The second-order valence-corrected chi connectivity index (χ2v) is 21.3. The molecule has 7 N–H and O–H groups in total. The normalized spacial score (nSPS) is 13.4. The van der Waals surface area contributed by atoms with Gasteiger partial charge in [-0.15, -0.1) is 0 Å². The van der Waals surface area contributed by atoms with Crippen LogP contribution in [0.15, 0.2) is 129 Å². The van der Waals surface area contributed by atoms with E-state index in [4.69, 9.17) is 72.9 Å². The second-order valence-electron chi connectivity index (χ2n) is 18.8. The van der Waals surface area contributed by atoms with Crippen molar-refractivity contribution >= 4 is 59.2 Å². The van der Waals surface area contributed by atoms with Gasteiger partial charge in [-0.1, -0.05) is 66.0 Å². The first-order valence-corrected chi connectivity index (χ1v) is 30.1. The summed E-state index contributed by atoms with van der Waals surface area (Å²) in [6.07, 6.45) is 0. The number of methoxy groups -OCH3 is 5. The monoisotopic (exact) mass is 1370 g/mol. The van der Waals surface area contributed by atoms with Gasteiger partial charge in [-0.25, -0.2) is 0 Å². The van der Waals surface area contributed by atoms with Crippen molar-refractivity contribution in [2.75, 3.05) is 151 Å². The third-order valence-corrected chi connectivity index (χ3v) is 14.9. The summed E-state index contributed by atoms with van der Waals surface area (Å²) in [5.41, 5.74) is 8.15. The van der Waals surface area contributed by atoms with Gasteiger partial charge >= 0.3 is 0 Å². The number of phenolic OH excluding ortho intramolecular Hbond substituents is 2. The van der Waals surface area contributed by atoms with Gasteiger partial charge in [0.25, 0.3) is 0 Å². The molecule has 85 heavy (non-hydrogen) atoms. The molecule has 6 aromatic rings. The zero-order valence-corrected chi connectivity index (χ0v) is 54.1. The zero-order valence-electron chi connectivity index (χ0n) is 49.4. The molecule has 0 amide bonds. The van der Waals surface area contributed by atoms with Crippen LogP contribution in [0.5, 0.6) is 34.5 Å². The number of hydrogen-bond acceptors (Lipinski definition) is 19. The molecule has 0 atom stereocenters. The van der Waals surface area contributed by atoms with Gasteiger partial charge in [0.05, 0.1) is 66.1 Å². The number of aliphatic hydroxyl groups excluding tert-OH is 3. The molecule has 0 saturated carbocycles. The smallest absolute Gasteiger partial charge is 0.127 e. The van der Waals surface area contributed by atoms with Gasteiger partial charge in [0, 0.05) is 130 Å². The van der Waals surface area contributed by atoms with E-state index in [1.54, 1.807) is 71.9 Å². The topological polar surface area (TPSA) is 224 Å². The highest BCUT2D eigenvalue weighted by atomic mass is 79.9. The molecule has 3 aliphatic heterocycles. The van der Waals surface area contributed by atoms with Gasteiger partial charge < -0.3 is 93.3 Å². The number of anilines is 2. The van der Waals surface area contributed by atoms with E-state index in [1.807, 2.05) is 36.4 Å². The molecule has 22 heteroatoms. The van der Waals surface area contributed by atoms with Gasteiger partial charge in [-0.3, -0.25) is 0 Å². The SMILES string of the molecule is COCCOc1ccc(Br)c(CO)c1.COCCOc1ccc(Br)c(COC)c1.COCCOc1ccc(N2CCNCC2)c(COC)c1.OCc1cc(O)ccc1Br.OCc1cccc(O)c1.c1cc2c(cc1N1CCNCC1)OCCOC2. The Bertz CT molecular complexity index is 2770. The van der Waals surface area contributed by atoms with Crippen LogP contribution in [-0.4, -0.2) is 166 Å². The first-order valence-electron chi connectivity index (χ1n) is 27.8. The van der Waals surface area contributed by atoms with Crippen molar-refractivity contribution in [1.82, 2.24) is 10.6 Å². The third-order valence-electron chi connectivity index (χ3n) is 12.6. The number of hydrogen-bond donors (Lipinski definition) is 7. The van der Waals surface area contributed by atoms with Crippen LogP contribution in [0.1, 0.15) is 33.4 Å². The zero-order chi connectivity index (χ0) is 61.4. The van der Waals surface area contributed by atoms with E-state index in [1.165, 1.54) is 29.1 Å². The van der Waals surface area contributed by atoms with Gasteiger partial charge in [0.2, 0.25) is 0 Å². The number of piperazine rings is 2. The molecule has 6 aromatic carbocycles. The number of aromatic hydroxyl groups is 2. The molecule has 0 aromatic heterocycles. The van der Waals surface area contributed by atoms with E-state index in [9.17, 15) is 0 Å². The third kappa shape index (κ3) is 28.0. The van der Waals surface area contributed by atoms with E-state index in [-0.39, 0.29) is 31.3 Å². The van der Waals surface area contributed by atoms with Crippen molar-refractivity contribution in [1.29, 1.82) is 0 Å². The highest BCUT2D eigenvalue weighted by Gasteiger charge is 2.17. The maximum Gasteiger partial charge on any atom is 0.127 e. The van der Waals surface area contributed by atoms with Crippen LogP contribution in [0.4, 0.5) is 11.4 Å². The van der Waals surface area contributed by atoms with E-state index >= 15 is 0 Å². The number of halogens is 3. The van der Waals surface area contributed by atoms with E-state index in [0.717, 1.165) is 111 Å². The molecular weight excluding hydrogens is 1290 g/mol. The average molecular weight is 1380 g/mol. The summed E-state index contributed by atoms with van der Waals surface area (Å²) in [6.45, 7) is 14.8. The summed E-state index contributed by atoms with van der Waals surface area (Å²) in [6, 6.07) is 35.3. The molecule has 2 fully saturated rings. The summed E-state index contributed by atoms with van der Waals surface area (Å²) >= 11 is 10.0. The van der Waals surface area contributed by atoms with Crippen LogP contribution in [0.2, 0.25) is 0 Å². The fraction of sp³-hybridized carbons (Fsp3) is 0.429. The lowest BCUT2D eigenvalue weighted by atomic mass is 10.1.